The number of hydrogen-bond donors (Lipinski definition) is 1. The summed E-state index contributed by atoms with van der Waals surface area (Å²) in [7, 11) is -1.79. The van der Waals surface area contributed by atoms with Gasteiger partial charge in [-0.1, -0.05) is 62.4 Å². The molecule has 0 bridgehead atoms. The molecular weight excluding hydrogens is 544 g/mol. The van der Waals surface area contributed by atoms with Gasteiger partial charge in [0.15, 0.2) is 0 Å². The van der Waals surface area contributed by atoms with Crippen molar-refractivity contribution in [3.63, 3.8) is 0 Å². The van der Waals surface area contributed by atoms with E-state index in [0.29, 0.717) is 13.0 Å². The summed E-state index contributed by atoms with van der Waals surface area (Å²) < 4.78 is 31.7. The number of aryl methyl sites for hydroxylation is 3. The van der Waals surface area contributed by atoms with Gasteiger partial charge in [-0.2, -0.15) is 0 Å². The molecular formula is C34H38N4O3S. The molecule has 3 aromatic carbocycles. The highest BCUT2D eigenvalue weighted by Crippen LogP contribution is 2.65. The summed E-state index contributed by atoms with van der Waals surface area (Å²) >= 11 is 0. The Kier molecular flexibility index (Phi) is 7.31. The quantitative estimate of drug-likeness (QED) is 0.274. The van der Waals surface area contributed by atoms with Crippen molar-refractivity contribution in [2.24, 2.45) is 18.4 Å². The number of aromatic nitrogens is 2. The van der Waals surface area contributed by atoms with Crippen LogP contribution in [0.2, 0.25) is 0 Å². The molecule has 4 aromatic rings. The maximum atomic E-state index is 14.4. The van der Waals surface area contributed by atoms with Crippen LogP contribution in [0.25, 0.3) is 0 Å². The molecule has 218 valence electrons. The molecule has 7 nitrogen and oxygen atoms in total. The van der Waals surface area contributed by atoms with E-state index in [-0.39, 0.29) is 34.1 Å². The van der Waals surface area contributed by atoms with Gasteiger partial charge in [-0.05, 0) is 78.1 Å². The number of hydrogen-bond acceptors (Lipinski definition) is 4. The lowest BCUT2D eigenvalue weighted by Gasteiger charge is -2.30. The van der Waals surface area contributed by atoms with E-state index in [1.807, 2.05) is 66.0 Å². The van der Waals surface area contributed by atoms with Gasteiger partial charge in [0.2, 0.25) is 15.9 Å². The Morgan fingerprint density at radius 3 is 2.57 bits per heavy atom. The van der Waals surface area contributed by atoms with Crippen molar-refractivity contribution < 1.29 is 13.2 Å². The molecule has 0 saturated heterocycles. The number of nitrogens with zero attached hydrogens (tertiary/aromatic N) is 3. The monoisotopic (exact) mass is 582 g/mol. The lowest BCUT2D eigenvalue weighted by Crippen LogP contribution is -2.35. The van der Waals surface area contributed by atoms with Gasteiger partial charge in [-0.3, -0.25) is 4.79 Å². The Morgan fingerprint density at radius 1 is 1.07 bits per heavy atom. The summed E-state index contributed by atoms with van der Waals surface area (Å²) in [6.45, 7) is 6.54. The van der Waals surface area contributed by atoms with Crippen LogP contribution in [0.5, 0.6) is 0 Å². The first-order valence-electron chi connectivity index (χ1n) is 14.6. The standard InChI is InChI=1S/C34H38N4O3S/c1-23-10-8-14-27(20-23)42(40,41)36-29-15-9-13-24-16-17-26(21-28(24)29)38(22-30-35-18-19-37(30)4)33(39)32-31(34(32,2)3)25-11-6-5-7-12-25/h5-8,10-12,14,16-21,29,31-32,36H,9,13,15,22H2,1-4H3. The molecule has 0 radical (unpaired) electrons. The lowest BCUT2D eigenvalue weighted by atomic mass is 9.87. The number of nitrogens with one attached hydrogen (secondary N) is 1. The third-order valence-electron chi connectivity index (χ3n) is 9.09. The van der Waals surface area contributed by atoms with Crippen molar-refractivity contribution in [2.45, 2.75) is 63.4 Å². The van der Waals surface area contributed by atoms with Gasteiger partial charge in [0.25, 0.3) is 0 Å². The average Bonchev–Trinajstić information content (AvgIpc) is 3.32. The Bertz CT molecular complexity index is 1730. The molecule has 3 atom stereocenters. The van der Waals surface area contributed by atoms with Gasteiger partial charge in [-0.15, -0.1) is 0 Å². The smallest absolute Gasteiger partial charge is 0.241 e. The number of carbonyl (C=O) groups is 1. The summed E-state index contributed by atoms with van der Waals surface area (Å²) in [5.41, 5.74) is 4.69. The fourth-order valence-electron chi connectivity index (χ4n) is 6.65. The summed E-state index contributed by atoms with van der Waals surface area (Å²) in [5, 5.41) is 0. The highest BCUT2D eigenvalue weighted by atomic mass is 32.2. The highest BCUT2D eigenvalue weighted by molar-refractivity contribution is 7.89. The lowest BCUT2D eigenvalue weighted by molar-refractivity contribution is -0.120. The van der Waals surface area contributed by atoms with Gasteiger partial charge >= 0.3 is 0 Å². The normalized spacial score (nSPS) is 21.0. The number of rotatable bonds is 8. The van der Waals surface area contributed by atoms with Gasteiger partial charge in [-0.25, -0.2) is 18.1 Å². The van der Waals surface area contributed by atoms with E-state index in [1.165, 1.54) is 5.56 Å². The van der Waals surface area contributed by atoms with Gasteiger partial charge in [0.1, 0.15) is 5.82 Å². The van der Waals surface area contributed by atoms with Crippen molar-refractivity contribution in [3.8, 4) is 0 Å². The maximum Gasteiger partial charge on any atom is 0.241 e. The van der Waals surface area contributed by atoms with Crippen LogP contribution >= 0.6 is 0 Å². The van der Waals surface area contributed by atoms with Gasteiger partial charge in [0, 0.05) is 37.1 Å². The minimum atomic E-state index is -3.72. The molecule has 2 aliphatic rings. The Morgan fingerprint density at radius 2 is 1.86 bits per heavy atom. The van der Waals surface area contributed by atoms with Crippen molar-refractivity contribution in [3.05, 3.63) is 113 Å². The molecule has 3 unspecified atom stereocenters. The zero-order chi connectivity index (χ0) is 29.6. The van der Waals surface area contributed by atoms with Crippen LogP contribution in [-0.4, -0.2) is 23.9 Å². The number of amides is 1. The Balaban J connectivity index is 1.35. The summed E-state index contributed by atoms with van der Waals surface area (Å²) in [6.07, 6.45) is 6.08. The summed E-state index contributed by atoms with van der Waals surface area (Å²) in [6, 6.07) is 22.9. The second-order valence-corrected chi connectivity index (χ2v) is 14.0. The second-order valence-electron chi connectivity index (χ2n) is 12.3. The van der Waals surface area contributed by atoms with Crippen LogP contribution in [-0.2, 0) is 34.8 Å². The second kappa shape index (κ2) is 10.8. The third-order valence-corrected chi connectivity index (χ3v) is 10.6. The third kappa shape index (κ3) is 5.29. The highest BCUT2D eigenvalue weighted by Gasteiger charge is 2.63. The molecule has 6 rings (SSSR count). The zero-order valence-electron chi connectivity index (χ0n) is 24.6. The average molecular weight is 583 g/mol. The first-order valence-corrected chi connectivity index (χ1v) is 16.1. The fourth-order valence-corrected chi connectivity index (χ4v) is 8.00. The molecule has 2 aliphatic carbocycles. The molecule has 1 amide bonds. The largest absolute Gasteiger partial charge is 0.337 e. The Labute approximate surface area is 248 Å². The first kappa shape index (κ1) is 28.4. The van der Waals surface area contributed by atoms with Crippen molar-refractivity contribution >= 4 is 21.6 Å². The maximum absolute atomic E-state index is 14.4. The fraction of sp³-hybridized carbons (Fsp3) is 0.353. The van der Waals surface area contributed by atoms with Crippen LogP contribution in [0.3, 0.4) is 0 Å². The number of sulfonamides is 1. The van der Waals surface area contributed by atoms with Crippen molar-refractivity contribution in [1.29, 1.82) is 0 Å². The minimum Gasteiger partial charge on any atom is -0.337 e. The van der Waals surface area contributed by atoms with Crippen molar-refractivity contribution in [2.75, 3.05) is 4.90 Å². The molecule has 42 heavy (non-hydrogen) atoms. The van der Waals surface area contributed by atoms with E-state index < -0.39 is 10.0 Å². The van der Waals surface area contributed by atoms with E-state index in [0.717, 1.165) is 41.0 Å². The van der Waals surface area contributed by atoms with E-state index in [1.54, 1.807) is 24.4 Å². The van der Waals surface area contributed by atoms with E-state index >= 15 is 0 Å². The Hall–Kier alpha value is -3.75. The van der Waals surface area contributed by atoms with Crippen LogP contribution in [0.1, 0.15) is 66.7 Å². The number of fused-ring (bicyclic) bond motifs is 1. The van der Waals surface area contributed by atoms with Crippen LogP contribution in [0, 0.1) is 18.3 Å². The van der Waals surface area contributed by atoms with E-state index in [2.05, 4.69) is 41.8 Å². The molecule has 1 heterocycles. The van der Waals surface area contributed by atoms with Gasteiger partial charge < -0.3 is 9.47 Å². The predicted octanol–water partition coefficient (Wildman–Crippen LogP) is 6.06. The minimum absolute atomic E-state index is 0.0597. The summed E-state index contributed by atoms with van der Waals surface area (Å²) in [4.78, 5) is 21.1. The zero-order valence-corrected chi connectivity index (χ0v) is 25.4. The molecule has 0 aliphatic heterocycles. The van der Waals surface area contributed by atoms with Crippen molar-refractivity contribution in [1.82, 2.24) is 14.3 Å². The summed E-state index contributed by atoms with van der Waals surface area (Å²) in [5.74, 6) is 0.797. The van der Waals surface area contributed by atoms with Crippen LogP contribution in [0.15, 0.2) is 90.1 Å². The number of imidazole rings is 1. The molecule has 1 saturated carbocycles. The first-order chi connectivity index (χ1) is 20.1. The van der Waals surface area contributed by atoms with Gasteiger partial charge in [0.05, 0.1) is 17.4 Å². The molecule has 1 N–H and O–H groups in total. The molecule has 1 fully saturated rings. The molecule has 0 spiro atoms. The number of carbonyl (C=O) groups excluding carboxylic acids is 1. The molecule has 8 heteroatoms. The van der Waals surface area contributed by atoms with E-state index in [9.17, 15) is 13.2 Å². The SMILES string of the molecule is Cc1cccc(S(=O)(=O)NC2CCCc3ccc(N(Cc4nccn4C)C(=O)C4C(c5ccccc5)C4(C)C)cc32)c1. The predicted molar refractivity (Wildman–Crippen MR) is 164 cm³/mol. The number of anilines is 1. The van der Waals surface area contributed by atoms with E-state index in [4.69, 9.17) is 0 Å². The topological polar surface area (TPSA) is 84.3 Å². The number of benzene rings is 3. The van der Waals surface area contributed by atoms with Crippen LogP contribution < -0.4 is 9.62 Å². The molecule has 1 aromatic heterocycles. The van der Waals surface area contributed by atoms with Crippen LogP contribution in [0.4, 0.5) is 5.69 Å².